The number of nitrogens with two attached hydrogens (primary N) is 1. The van der Waals surface area contributed by atoms with Gasteiger partial charge in [0, 0.05) is 12.5 Å². The normalized spacial score (nSPS) is 26.5. The average molecular weight is 340 g/mol. The van der Waals surface area contributed by atoms with Crippen LogP contribution in [-0.4, -0.2) is 33.0 Å². The minimum atomic E-state index is -0.238. The number of likely N-dealkylation sites (tertiary alicyclic amines) is 1. The van der Waals surface area contributed by atoms with Gasteiger partial charge < -0.3 is 10.3 Å². The Labute approximate surface area is 147 Å². The lowest BCUT2D eigenvalue weighted by Gasteiger charge is -2.32. The third-order valence-electron chi connectivity index (χ3n) is 5.58. The molecule has 25 heavy (non-hydrogen) atoms. The molecule has 1 saturated carbocycles. The highest BCUT2D eigenvalue weighted by Gasteiger charge is 2.44. The van der Waals surface area contributed by atoms with Crippen LogP contribution in [0.15, 0.2) is 34.9 Å². The summed E-state index contributed by atoms with van der Waals surface area (Å²) in [6.45, 7) is 0.510. The molecule has 6 heteroatoms. The van der Waals surface area contributed by atoms with Crippen molar-refractivity contribution in [1.82, 2.24) is 15.0 Å². The van der Waals surface area contributed by atoms with E-state index < -0.39 is 0 Å². The first-order chi connectivity index (χ1) is 12.2. The quantitative estimate of drug-likeness (QED) is 0.902. The Balaban J connectivity index is 1.48. The van der Waals surface area contributed by atoms with Crippen LogP contribution in [0, 0.1) is 5.92 Å². The second-order valence-electron chi connectivity index (χ2n) is 7.20. The van der Waals surface area contributed by atoms with Gasteiger partial charge in [-0.2, -0.15) is 4.98 Å². The van der Waals surface area contributed by atoms with E-state index in [4.69, 9.17) is 10.3 Å². The number of hydrogen-bond acceptors (Lipinski definition) is 5. The number of hydrogen-bond donors (Lipinski definition) is 1. The number of benzene rings is 1. The number of carbonyl (C=O) groups excluding carboxylic acids is 1. The lowest BCUT2D eigenvalue weighted by molar-refractivity contribution is -0.123. The van der Waals surface area contributed by atoms with Crippen molar-refractivity contribution < 1.29 is 9.32 Å². The summed E-state index contributed by atoms with van der Waals surface area (Å²) < 4.78 is 5.45. The lowest BCUT2D eigenvalue weighted by atomic mass is 9.85. The minimum absolute atomic E-state index is 0.211. The largest absolute Gasteiger partial charge is 0.368 e. The number of aromatic nitrogens is 2. The van der Waals surface area contributed by atoms with Gasteiger partial charge in [0.05, 0.1) is 12.6 Å². The average Bonchev–Trinajstić information content (AvgIpc) is 3.21. The monoisotopic (exact) mass is 340 g/mol. The van der Waals surface area contributed by atoms with Crippen molar-refractivity contribution in [3.8, 4) is 0 Å². The minimum Gasteiger partial charge on any atom is -0.368 e. The van der Waals surface area contributed by atoms with E-state index in [9.17, 15) is 4.79 Å². The molecule has 1 amide bonds. The maximum Gasteiger partial charge on any atom is 0.240 e. The molecular formula is C19H24N4O2. The van der Waals surface area contributed by atoms with Gasteiger partial charge in [-0.15, -0.1) is 0 Å². The Hall–Kier alpha value is -2.21. The molecule has 3 unspecified atom stereocenters. The van der Waals surface area contributed by atoms with E-state index in [1.54, 1.807) is 0 Å². The third-order valence-corrected chi connectivity index (χ3v) is 5.58. The smallest absolute Gasteiger partial charge is 0.240 e. The zero-order valence-corrected chi connectivity index (χ0v) is 14.3. The summed E-state index contributed by atoms with van der Waals surface area (Å²) in [5.41, 5.74) is 6.81. The van der Waals surface area contributed by atoms with Gasteiger partial charge in [-0.1, -0.05) is 48.3 Å². The fraction of sp³-hybridized carbons (Fsp3) is 0.526. The first-order valence-corrected chi connectivity index (χ1v) is 9.11. The number of carbonyl (C=O) groups is 1. The van der Waals surface area contributed by atoms with Crippen LogP contribution in [0.5, 0.6) is 0 Å². The summed E-state index contributed by atoms with van der Waals surface area (Å²) in [5.74, 6) is 1.58. The van der Waals surface area contributed by atoms with Crippen molar-refractivity contribution >= 4 is 5.91 Å². The molecule has 1 aromatic heterocycles. The number of nitrogens with zero attached hydrogens (tertiary/aromatic N) is 3. The van der Waals surface area contributed by atoms with E-state index in [1.807, 2.05) is 30.3 Å². The van der Waals surface area contributed by atoms with Gasteiger partial charge in [0.15, 0.2) is 5.82 Å². The number of fused-ring (bicyclic) bond motifs is 1. The van der Waals surface area contributed by atoms with Gasteiger partial charge in [0.2, 0.25) is 11.8 Å². The Kier molecular flexibility index (Phi) is 4.53. The lowest BCUT2D eigenvalue weighted by Crippen LogP contribution is -2.44. The fourth-order valence-electron chi connectivity index (χ4n) is 4.42. The Morgan fingerprint density at radius 3 is 2.84 bits per heavy atom. The van der Waals surface area contributed by atoms with Gasteiger partial charge in [-0.05, 0) is 30.7 Å². The molecule has 1 aromatic carbocycles. The molecule has 2 aromatic rings. The summed E-state index contributed by atoms with van der Waals surface area (Å²) in [6.07, 6.45) is 6.29. The second-order valence-corrected chi connectivity index (χ2v) is 7.20. The second kappa shape index (κ2) is 6.96. The standard InChI is InChI=1S/C19H24N4O2/c20-19(24)16-11-14-8-4-5-9-15(14)23(16)12-18-21-17(22-25-18)10-13-6-2-1-3-7-13/h1-3,6-7,14-16H,4-5,8-12H2,(H2,20,24). The van der Waals surface area contributed by atoms with Crippen LogP contribution in [0.4, 0.5) is 0 Å². The van der Waals surface area contributed by atoms with Crippen LogP contribution in [-0.2, 0) is 17.8 Å². The van der Waals surface area contributed by atoms with E-state index in [0.717, 1.165) is 18.4 Å². The Morgan fingerprint density at radius 2 is 2.04 bits per heavy atom. The summed E-state index contributed by atoms with van der Waals surface area (Å²) in [7, 11) is 0. The molecule has 1 aliphatic heterocycles. The van der Waals surface area contributed by atoms with Crippen LogP contribution in [0.1, 0.15) is 49.4 Å². The zero-order chi connectivity index (χ0) is 17.2. The van der Waals surface area contributed by atoms with Crippen LogP contribution in [0.2, 0.25) is 0 Å². The molecule has 2 fully saturated rings. The maximum atomic E-state index is 11.9. The van der Waals surface area contributed by atoms with Crippen LogP contribution in [0.25, 0.3) is 0 Å². The molecule has 4 rings (SSSR count). The molecule has 0 spiro atoms. The number of amides is 1. The summed E-state index contributed by atoms with van der Waals surface area (Å²) >= 11 is 0. The number of primary amides is 1. The highest BCUT2D eigenvalue weighted by atomic mass is 16.5. The van der Waals surface area contributed by atoms with Crippen molar-refractivity contribution in [2.45, 2.75) is 57.2 Å². The van der Waals surface area contributed by atoms with E-state index >= 15 is 0 Å². The molecule has 2 N–H and O–H groups in total. The fourth-order valence-corrected chi connectivity index (χ4v) is 4.42. The molecule has 3 atom stereocenters. The molecule has 1 saturated heterocycles. The van der Waals surface area contributed by atoms with Crippen LogP contribution < -0.4 is 5.73 Å². The van der Waals surface area contributed by atoms with Gasteiger partial charge >= 0.3 is 0 Å². The maximum absolute atomic E-state index is 11.9. The highest BCUT2D eigenvalue weighted by molar-refractivity contribution is 5.80. The van der Waals surface area contributed by atoms with Crippen molar-refractivity contribution in [1.29, 1.82) is 0 Å². The summed E-state index contributed by atoms with van der Waals surface area (Å²) in [4.78, 5) is 18.6. The van der Waals surface area contributed by atoms with E-state index in [2.05, 4.69) is 15.0 Å². The molecule has 0 bridgehead atoms. The summed E-state index contributed by atoms with van der Waals surface area (Å²) in [6, 6.07) is 10.3. The van der Waals surface area contributed by atoms with Gasteiger partial charge in [-0.3, -0.25) is 9.69 Å². The predicted molar refractivity (Wildman–Crippen MR) is 92.4 cm³/mol. The molecule has 2 aliphatic rings. The van der Waals surface area contributed by atoms with Crippen LogP contribution in [0.3, 0.4) is 0 Å². The molecule has 1 aliphatic carbocycles. The van der Waals surface area contributed by atoms with Crippen molar-refractivity contribution in [2.24, 2.45) is 11.7 Å². The SMILES string of the molecule is NC(=O)C1CC2CCCCC2N1Cc1nc(Cc2ccccc2)no1. The molecule has 0 radical (unpaired) electrons. The number of rotatable bonds is 5. The van der Waals surface area contributed by atoms with Gasteiger partial charge in [-0.25, -0.2) is 0 Å². The first-order valence-electron chi connectivity index (χ1n) is 9.11. The van der Waals surface area contributed by atoms with E-state index in [-0.39, 0.29) is 11.9 Å². The van der Waals surface area contributed by atoms with Gasteiger partial charge in [0.25, 0.3) is 0 Å². The van der Waals surface area contributed by atoms with Crippen molar-refractivity contribution in [3.05, 3.63) is 47.6 Å². The first kappa shape index (κ1) is 16.3. The van der Waals surface area contributed by atoms with E-state index in [1.165, 1.54) is 19.3 Å². The Bertz CT molecular complexity index is 730. The molecule has 2 heterocycles. The van der Waals surface area contributed by atoms with Crippen LogP contribution >= 0.6 is 0 Å². The summed E-state index contributed by atoms with van der Waals surface area (Å²) in [5, 5.41) is 4.10. The third kappa shape index (κ3) is 3.44. The highest BCUT2D eigenvalue weighted by Crippen LogP contribution is 2.40. The van der Waals surface area contributed by atoms with E-state index in [0.29, 0.717) is 36.6 Å². The van der Waals surface area contributed by atoms with Crippen molar-refractivity contribution in [3.63, 3.8) is 0 Å². The molecular weight excluding hydrogens is 316 g/mol. The predicted octanol–water partition coefficient (Wildman–Crippen LogP) is 2.28. The van der Waals surface area contributed by atoms with Crippen molar-refractivity contribution in [2.75, 3.05) is 0 Å². The topological polar surface area (TPSA) is 85.3 Å². The Morgan fingerprint density at radius 1 is 1.24 bits per heavy atom. The zero-order valence-electron chi connectivity index (χ0n) is 14.3. The molecule has 132 valence electrons. The molecule has 6 nitrogen and oxygen atoms in total. The van der Waals surface area contributed by atoms with Gasteiger partial charge in [0.1, 0.15) is 0 Å².